The maximum Gasteiger partial charge on any atom is 0.573 e. The van der Waals surface area contributed by atoms with E-state index in [1.54, 1.807) is 0 Å². The predicted molar refractivity (Wildman–Crippen MR) is 68.3 cm³/mol. The fourth-order valence-electron chi connectivity index (χ4n) is 1.56. The van der Waals surface area contributed by atoms with Crippen LogP contribution in [0.25, 0.3) is 0 Å². The molecule has 1 unspecified atom stereocenters. The van der Waals surface area contributed by atoms with Crippen molar-refractivity contribution in [1.82, 2.24) is 5.32 Å². The maximum atomic E-state index is 12.0. The molecule has 0 saturated heterocycles. The van der Waals surface area contributed by atoms with Crippen molar-refractivity contribution < 1.29 is 22.7 Å². The average molecular weight is 290 g/mol. The highest BCUT2D eigenvalue weighted by molar-refractivity contribution is 5.94. The van der Waals surface area contributed by atoms with Crippen molar-refractivity contribution in [3.05, 3.63) is 29.8 Å². The van der Waals surface area contributed by atoms with E-state index >= 15 is 0 Å². The van der Waals surface area contributed by atoms with Gasteiger partial charge in [0.25, 0.3) is 5.91 Å². The normalized spacial score (nSPS) is 12.8. The number of hydrogen-bond acceptors (Lipinski definition) is 3. The molecule has 112 valence electrons. The maximum absolute atomic E-state index is 12.0. The molecule has 1 aromatic carbocycles. The highest BCUT2D eigenvalue weighted by atomic mass is 19.4. The lowest BCUT2D eigenvalue weighted by molar-refractivity contribution is -0.274. The molecule has 0 aliphatic heterocycles. The standard InChI is InChI=1S/C13H17F3N2O2/c1-9(6-7-17)8-18-12(19)10-2-4-11(5-3-10)20-13(14,15)16/h2-5,9H,6-8,17H2,1H3,(H,18,19). The molecule has 0 aliphatic carbocycles. The Balaban J connectivity index is 2.53. The molecule has 1 rings (SSSR count). The lowest BCUT2D eigenvalue weighted by Gasteiger charge is -2.12. The third kappa shape index (κ3) is 5.92. The van der Waals surface area contributed by atoms with Crippen molar-refractivity contribution in [2.24, 2.45) is 11.7 Å². The van der Waals surface area contributed by atoms with Crippen molar-refractivity contribution in [1.29, 1.82) is 0 Å². The van der Waals surface area contributed by atoms with Gasteiger partial charge in [0.1, 0.15) is 5.75 Å². The van der Waals surface area contributed by atoms with E-state index in [0.29, 0.717) is 13.1 Å². The van der Waals surface area contributed by atoms with Gasteiger partial charge < -0.3 is 15.8 Å². The van der Waals surface area contributed by atoms with Gasteiger partial charge in [-0.05, 0) is 43.1 Å². The fraction of sp³-hybridized carbons (Fsp3) is 0.462. The summed E-state index contributed by atoms with van der Waals surface area (Å²) in [6.07, 6.45) is -3.94. The molecule has 0 aliphatic rings. The third-order valence-electron chi connectivity index (χ3n) is 2.62. The Kier molecular flexibility index (Phi) is 5.82. The van der Waals surface area contributed by atoms with E-state index in [1.807, 2.05) is 6.92 Å². The average Bonchev–Trinajstić information content (AvgIpc) is 2.35. The summed E-state index contributed by atoms with van der Waals surface area (Å²) in [5, 5.41) is 2.69. The number of ether oxygens (including phenoxy) is 1. The monoisotopic (exact) mass is 290 g/mol. The molecular formula is C13H17F3N2O2. The summed E-state index contributed by atoms with van der Waals surface area (Å²) in [4.78, 5) is 11.7. The first-order valence-corrected chi connectivity index (χ1v) is 6.16. The largest absolute Gasteiger partial charge is 0.573 e. The van der Waals surface area contributed by atoms with Crippen LogP contribution in [-0.4, -0.2) is 25.4 Å². The first kappa shape index (κ1) is 16.3. The smallest absolute Gasteiger partial charge is 0.406 e. The quantitative estimate of drug-likeness (QED) is 0.845. The Morgan fingerprint density at radius 1 is 1.35 bits per heavy atom. The summed E-state index contributed by atoms with van der Waals surface area (Å²) in [6.45, 7) is 2.96. The molecule has 7 heteroatoms. The van der Waals surface area contributed by atoms with Gasteiger partial charge in [0.2, 0.25) is 0 Å². The Bertz CT molecular complexity index is 432. The molecule has 0 aromatic heterocycles. The van der Waals surface area contributed by atoms with Crippen LogP contribution in [0.15, 0.2) is 24.3 Å². The van der Waals surface area contributed by atoms with Crippen molar-refractivity contribution in [2.75, 3.05) is 13.1 Å². The van der Waals surface area contributed by atoms with Crippen LogP contribution in [0.4, 0.5) is 13.2 Å². The van der Waals surface area contributed by atoms with Gasteiger partial charge in [-0.2, -0.15) is 0 Å². The second-order valence-electron chi connectivity index (χ2n) is 4.46. The molecule has 0 bridgehead atoms. The zero-order valence-corrected chi connectivity index (χ0v) is 11.0. The van der Waals surface area contributed by atoms with E-state index in [0.717, 1.165) is 18.6 Å². The van der Waals surface area contributed by atoms with E-state index in [1.165, 1.54) is 12.1 Å². The Labute approximate surface area is 115 Å². The van der Waals surface area contributed by atoms with Crippen molar-refractivity contribution in [2.45, 2.75) is 19.7 Å². The van der Waals surface area contributed by atoms with Crippen LogP contribution in [0.3, 0.4) is 0 Å². The van der Waals surface area contributed by atoms with E-state index in [-0.39, 0.29) is 23.1 Å². The summed E-state index contributed by atoms with van der Waals surface area (Å²) in [5.41, 5.74) is 5.67. The molecule has 20 heavy (non-hydrogen) atoms. The Morgan fingerprint density at radius 2 is 1.95 bits per heavy atom. The van der Waals surface area contributed by atoms with Gasteiger partial charge in [-0.1, -0.05) is 6.92 Å². The minimum Gasteiger partial charge on any atom is -0.406 e. The van der Waals surface area contributed by atoms with Gasteiger partial charge in [-0.3, -0.25) is 4.79 Å². The summed E-state index contributed by atoms with van der Waals surface area (Å²) in [5.74, 6) is -0.449. The topological polar surface area (TPSA) is 64.3 Å². The molecule has 4 nitrogen and oxygen atoms in total. The highest BCUT2D eigenvalue weighted by Crippen LogP contribution is 2.22. The van der Waals surface area contributed by atoms with E-state index < -0.39 is 6.36 Å². The van der Waals surface area contributed by atoms with Gasteiger partial charge in [0, 0.05) is 12.1 Å². The summed E-state index contributed by atoms with van der Waals surface area (Å²) < 4.78 is 39.6. The molecule has 0 spiro atoms. The van der Waals surface area contributed by atoms with Crippen LogP contribution in [0.1, 0.15) is 23.7 Å². The lowest BCUT2D eigenvalue weighted by Crippen LogP contribution is -2.29. The Hall–Kier alpha value is -1.76. The molecule has 0 saturated carbocycles. The van der Waals surface area contributed by atoms with E-state index in [4.69, 9.17) is 5.73 Å². The van der Waals surface area contributed by atoms with Gasteiger partial charge in [-0.15, -0.1) is 13.2 Å². The molecule has 1 atom stereocenters. The van der Waals surface area contributed by atoms with Crippen molar-refractivity contribution in [3.8, 4) is 5.75 Å². The van der Waals surface area contributed by atoms with Gasteiger partial charge >= 0.3 is 6.36 Å². The van der Waals surface area contributed by atoms with Crippen LogP contribution in [0.5, 0.6) is 5.75 Å². The van der Waals surface area contributed by atoms with Gasteiger partial charge in [0.15, 0.2) is 0 Å². The van der Waals surface area contributed by atoms with E-state index in [9.17, 15) is 18.0 Å². The number of alkyl halides is 3. The molecule has 0 fully saturated rings. The first-order valence-electron chi connectivity index (χ1n) is 6.16. The van der Waals surface area contributed by atoms with E-state index in [2.05, 4.69) is 10.1 Å². The number of hydrogen-bond donors (Lipinski definition) is 2. The number of halogens is 3. The van der Waals surface area contributed by atoms with Crippen molar-refractivity contribution in [3.63, 3.8) is 0 Å². The van der Waals surface area contributed by atoms with Crippen LogP contribution in [0.2, 0.25) is 0 Å². The zero-order valence-electron chi connectivity index (χ0n) is 11.0. The van der Waals surface area contributed by atoms with Crippen molar-refractivity contribution >= 4 is 5.91 Å². The summed E-state index contributed by atoms with van der Waals surface area (Å²) in [6, 6.07) is 4.77. The predicted octanol–water partition coefficient (Wildman–Crippen LogP) is 2.30. The SMILES string of the molecule is CC(CCN)CNC(=O)c1ccc(OC(F)(F)F)cc1. The number of nitrogens with two attached hydrogens (primary N) is 1. The number of amides is 1. The fourth-order valence-corrected chi connectivity index (χ4v) is 1.56. The lowest BCUT2D eigenvalue weighted by atomic mass is 10.1. The van der Waals surface area contributed by atoms with Gasteiger partial charge in [0.05, 0.1) is 0 Å². The molecule has 0 heterocycles. The number of carbonyl (C=O) groups is 1. The minimum absolute atomic E-state index is 0.247. The molecular weight excluding hydrogens is 273 g/mol. The number of nitrogens with one attached hydrogen (secondary N) is 1. The molecule has 3 N–H and O–H groups in total. The van der Waals surface area contributed by atoms with Crippen LogP contribution in [0, 0.1) is 5.92 Å². The summed E-state index contributed by atoms with van der Waals surface area (Å²) in [7, 11) is 0. The van der Waals surface area contributed by atoms with Gasteiger partial charge in [-0.25, -0.2) is 0 Å². The highest BCUT2D eigenvalue weighted by Gasteiger charge is 2.31. The second-order valence-corrected chi connectivity index (χ2v) is 4.46. The zero-order chi connectivity index (χ0) is 15.2. The second kappa shape index (κ2) is 7.14. The number of carbonyl (C=O) groups excluding carboxylic acids is 1. The first-order chi connectivity index (χ1) is 9.31. The van der Waals surface area contributed by atoms with Crippen LogP contribution < -0.4 is 15.8 Å². The summed E-state index contributed by atoms with van der Waals surface area (Å²) >= 11 is 0. The Morgan fingerprint density at radius 3 is 2.45 bits per heavy atom. The van der Waals surface area contributed by atoms with Crippen LogP contribution in [-0.2, 0) is 0 Å². The molecule has 0 radical (unpaired) electrons. The molecule has 1 amide bonds. The third-order valence-corrected chi connectivity index (χ3v) is 2.62. The van der Waals surface area contributed by atoms with Crippen LogP contribution >= 0.6 is 0 Å². The number of rotatable bonds is 6. The number of benzene rings is 1. The minimum atomic E-state index is -4.73. The molecule has 1 aromatic rings.